The van der Waals surface area contributed by atoms with Crippen LogP contribution in [-0.4, -0.2) is 70.4 Å². The predicted molar refractivity (Wildman–Crippen MR) is 134 cm³/mol. The Bertz CT molecular complexity index is 1320. The molecule has 0 spiro atoms. The van der Waals surface area contributed by atoms with E-state index in [1.165, 1.54) is 12.1 Å². The van der Waals surface area contributed by atoms with Crippen molar-refractivity contribution in [2.45, 2.75) is 44.9 Å². The van der Waals surface area contributed by atoms with Gasteiger partial charge in [0.05, 0.1) is 11.6 Å². The lowest BCUT2D eigenvalue weighted by molar-refractivity contribution is -0.118. The highest BCUT2D eigenvalue weighted by atomic mass is 19.1. The highest BCUT2D eigenvalue weighted by Gasteiger charge is 2.31. The van der Waals surface area contributed by atoms with E-state index < -0.39 is 29.7 Å². The first-order chi connectivity index (χ1) is 17.8. The predicted octanol–water partition coefficient (Wildman–Crippen LogP) is 3.02. The first-order valence-electron chi connectivity index (χ1n) is 12.6. The van der Waals surface area contributed by atoms with Crippen LogP contribution in [0, 0.1) is 5.82 Å². The molecule has 0 bridgehead atoms. The summed E-state index contributed by atoms with van der Waals surface area (Å²) in [7, 11) is 0. The lowest BCUT2D eigenvalue weighted by Gasteiger charge is -2.29. The Morgan fingerprint density at radius 1 is 1.14 bits per heavy atom. The molecule has 0 aliphatic carbocycles. The van der Waals surface area contributed by atoms with Gasteiger partial charge in [0, 0.05) is 29.7 Å². The molecule has 2 N–H and O–H groups in total. The highest BCUT2D eigenvalue weighted by molar-refractivity contribution is 6.43. The number of carbonyl (C=O) groups excluding carboxylic acids is 2. The van der Waals surface area contributed by atoms with Crippen LogP contribution in [0.1, 0.15) is 54.8 Å². The largest absolute Gasteiger partial charge is 0.486 e. The lowest BCUT2D eigenvalue weighted by atomic mass is 9.99. The molecule has 1 fully saturated rings. The van der Waals surface area contributed by atoms with E-state index >= 15 is 0 Å². The van der Waals surface area contributed by atoms with E-state index in [0.29, 0.717) is 12.1 Å². The number of amides is 1. The minimum Gasteiger partial charge on any atom is -0.486 e. The summed E-state index contributed by atoms with van der Waals surface area (Å²) in [6.45, 7) is 6.47. The average Bonchev–Trinajstić information content (AvgIpc) is 3.57. The molecule has 9 nitrogen and oxygen atoms in total. The van der Waals surface area contributed by atoms with Crippen LogP contribution in [-0.2, 0) is 4.79 Å². The van der Waals surface area contributed by atoms with Gasteiger partial charge >= 0.3 is 0 Å². The number of hydrogen-bond acceptors (Lipinski definition) is 7. The number of ketones is 1. The van der Waals surface area contributed by atoms with Crippen molar-refractivity contribution in [1.29, 1.82) is 0 Å². The molecule has 2 aliphatic rings. The fraction of sp³-hybridized carbons (Fsp3) is 0.444. The number of aliphatic hydroxyl groups excluding tert-OH is 1. The molecule has 2 aliphatic heterocycles. The molecule has 2 aromatic carbocycles. The molecular formula is C27H31FN4O5. The van der Waals surface area contributed by atoms with E-state index in [-0.39, 0.29) is 41.9 Å². The normalized spacial score (nSPS) is 17.2. The molecule has 1 saturated heterocycles. The van der Waals surface area contributed by atoms with E-state index in [9.17, 15) is 19.1 Å². The third kappa shape index (κ3) is 5.30. The molecule has 2 unspecified atom stereocenters. The van der Waals surface area contributed by atoms with Crippen LogP contribution in [0.2, 0.25) is 0 Å². The van der Waals surface area contributed by atoms with Crippen molar-refractivity contribution in [3.63, 3.8) is 0 Å². The van der Waals surface area contributed by atoms with Gasteiger partial charge in [0.15, 0.2) is 17.3 Å². The van der Waals surface area contributed by atoms with Gasteiger partial charge in [0.2, 0.25) is 5.78 Å². The SMILES string of the molecule is CC(C)n1cc2ccc(C(=O)C(=O)NC(CN3CCCC3)C(O)c3cc(F)c4c(c3)OCCO4)cc2n1. The van der Waals surface area contributed by atoms with Gasteiger partial charge in [0.1, 0.15) is 19.3 Å². The van der Waals surface area contributed by atoms with Crippen molar-refractivity contribution in [3.05, 3.63) is 53.5 Å². The van der Waals surface area contributed by atoms with Crippen LogP contribution in [0.3, 0.4) is 0 Å². The van der Waals surface area contributed by atoms with Gasteiger partial charge < -0.3 is 24.8 Å². The van der Waals surface area contributed by atoms with Gasteiger partial charge in [-0.25, -0.2) is 4.39 Å². The van der Waals surface area contributed by atoms with Crippen molar-refractivity contribution in [2.75, 3.05) is 32.8 Å². The summed E-state index contributed by atoms with van der Waals surface area (Å²) in [5, 5.41) is 19.3. The van der Waals surface area contributed by atoms with Crippen molar-refractivity contribution in [2.24, 2.45) is 0 Å². The molecule has 10 heteroatoms. The molecule has 0 radical (unpaired) electrons. The Balaban J connectivity index is 1.37. The van der Waals surface area contributed by atoms with Gasteiger partial charge in [0.25, 0.3) is 5.91 Å². The maximum atomic E-state index is 14.7. The molecule has 2 atom stereocenters. The van der Waals surface area contributed by atoms with E-state index in [1.807, 2.05) is 20.0 Å². The molecule has 0 saturated carbocycles. The summed E-state index contributed by atoms with van der Waals surface area (Å²) >= 11 is 0. The first kappa shape index (κ1) is 25.2. The number of likely N-dealkylation sites (tertiary alicyclic amines) is 1. The van der Waals surface area contributed by atoms with Crippen LogP contribution in [0.25, 0.3) is 10.9 Å². The summed E-state index contributed by atoms with van der Waals surface area (Å²) in [6.07, 6.45) is 2.64. The zero-order valence-corrected chi connectivity index (χ0v) is 20.9. The number of fused-ring (bicyclic) bond motifs is 2. The molecule has 1 amide bonds. The Morgan fingerprint density at radius 3 is 2.65 bits per heavy atom. The number of carbonyl (C=O) groups is 2. The topological polar surface area (TPSA) is 106 Å². The maximum Gasteiger partial charge on any atom is 0.292 e. The number of benzene rings is 2. The summed E-state index contributed by atoms with van der Waals surface area (Å²) < 4.78 is 27.3. The van der Waals surface area contributed by atoms with Crippen LogP contribution < -0.4 is 14.8 Å². The third-order valence-electron chi connectivity index (χ3n) is 6.83. The minimum absolute atomic E-state index is 0.00723. The second-order valence-electron chi connectivity index (χ2n) is 9.86. The number of nitrogens with one attached hydrogen (secondary N) is 1. The summed E-state index contributed by atoms with van der Waals surface area (Å²) in [5.74, 6) is -2.01. The van der Waals surface area contributed by atoms with E-state index in [4.69, 9.17) is 9.47 Å². The molecule has 1 aromatic heterocycles. The Morgan fingerprint density at radius 2 is 1.89 bits per heavy atom. The van der Waals surface area contributed by atoms with Gasteiger partial charge in [-0.3, -0.25) is 14.3 Å². The minimum atomic E-state index is -1.27. The summed E-state index contributed by atoms with van der Waals surface area (Å²) in [6, 6.07) is 6.97. The molecule has 37 heavy (non-hydrogen) atoms. The number of halogens is 1. The monoisotopic (exact) mass is 510 g/mol. The van der Waals surface area contributed by atoms with E-state index in [1.54, 1.807) is 22.9 Å². The number of Topliss-reactive ketones (excluding diaryl/α,β-unsaturated/α-hetero) is 1. The Hall–Kier alpha value is -3.50. The van der Waals surface area contributed by atoms with Gasteiger partial charge in [-0.1, -0.05) is 12.1 Å². The quantitative estimate of drug-likeness (QED) is 0.355. The summed E-state index contributed by atoms with van der Waals surface area (Å²) in [5.41, 5.74) is 1.06. The molecule has 196 valence electrons. The number of aliphatic hydroxyl groups is 1. The number of rotatable bonds is 8. The average molecular weight is 511 g/mol. The number of nitrogens with zero attached hydrogens (tertiary/aromatic N) is 3. The Kier molecular flexibility index (Phi) is 7.12. The second-order valence-corrected chi connectivity index (χ2v) is 9.86. The van der Waals surface area contributed by atoms with Gasteiger partial charge in [-0.05, 0) is 63.5 Å². The van der Waals surface area contributed by atoms with Crippen molar-refractivity contribution < 1.29 is 28.6 Å². The van der Waals surface area contributed by atoms with Crippen LogP contribution >= 0.6 is 0 Å². The molecular weight excluding hydrogens is 479 g/mol. The molecule has 3 aromatic rings. The van der Waals surface area contributed by atoms with Crippen LogP contribution in [0.4, 0.5) is 4.39 Å². The number of aromatic nitrogens is 2. The smallest absolute Gasteiger partial charge is 0.292 e. The maximum absolute atomic E-state index is 14.7. The van der Waals surface area contributed by atoms with E-state index in [2.05, 4.69) is 15.3 Å². The zero-order chi connectivity index (χ0) is 26.1. The first-order valence-corrected chi connectivity index (χ1v) is 12.6. The molecule has 3 heterocycles. The van der Waals surface area contributed by atoms with E-state index in [0.717, 1.165) is 31.3 Å². The van der Waals surface area contributed by atoms with Crippen molar-refractivity contribution in [3.8, 4) is 11.5 Å². The summed E-state index contributed by atoms with van der Waals surface area (Å²) in [4.78, 5) is 28.3. The fourth-order valence-corrected chi connectivity index (χ4v) is 4.81. The third-order valence-corrected chi connectivity index (χ3v) is 6.83. The molecule has 5 rings (SSSR count). The van der Waals surface area contributed by atoms with Gasteiger partial charge in [-0.15, -0.1) is 0 Å². The highest BCUT2D eigenvalue weighted by Crippen LogP contribution is 2.36. The van der Waals surface area contributed by atoms with Crippen LogP contribution in [0.5, 0.6) is 11.5 Å². The zero-order valence-electron chi connectivity index (χ0n) is 20.9. The standard InChI is InChI=1S/C27H31FN4O5/c1-16(2)32-14-18-6-5-17(12-21(18)30-32)25(34)27(35)29-22(15-31-7-3-4-8-31)24(33)19-11-20(28)26-23(13-19)36-9-10-37-26/h5-6,11-14,16,22,24,33H,3-4,7-10,15H2,1-2H3,(H,29,35). The Labute approximate surface area is 214 Å². The van der Waals surface area contributed by atoms with Crippen LogP contribution in [0.15, 0.2) is 36.5 Å². The second kappa shape index (κ2) is 10.5. The van der Waals surface area contributed by atoms with Gasteiger partial charge in [-0.2, -0.15) is 5.10 Å². The number of hydrogen-bond donors (Lipinski definition) is 2. The number of ether oxygens (including phenoxy) is 2. The lowest BCUT2D eigenvalue weighted by Crippen LogP contribution is -2.48. The van der Waals surface area contributed by atoms with Crippen molar-refractivity contribution in [1.82, 2.24) is 20.0 Å². The van der Waals surface area contributed by atoms with Crippen molar-refractivity contribution >= 4 is 22.6 Å². The fourth-order valence-electron chi connectivity index (χ4n) is 4.81.